The van der Waals surface area contributed by atoms with Gasteiger partial charge in [0.2, 0.25) is 0 Å². The van der Waals surface area contributed by atoms with Crippen LogP contribution in [0, 0.1) is 0 Å². The SMILES string of the molecule is CC.O=C1OCC(COc2cccc(OCC3COC(=O)O3)c2)O1. The van der Waals surface area contributed by atoms with Gasteiger partial charge in [0.05, 0.1) is 0 Å². The summed E-state index contributed by atoms with van der Waals surface area (Å²) in [6.45, 7) is 4.76. The number of carbonyl (C=O) groups excluding carboxylic acids is 2. The summed E-state index contributed by atoms with van der Waals surface area (Å²) in [7, 11) is 0. The van der Waals surface area contributed by atoms with Crippen LogP contribution in [0.2, 0.25) is 0 Å². The Bertz CT molecular complexity index is 514. The third-order valence-electron chi connectivity index (χ3n) is 2.98. The van der Waals surface area contributed by atoms with Crippen molar-refractivity contribution in [2.24, 2.45) is 0 Å². The number of cyclic esters (lactones) is 4. The summed E-state index contributed by atoms with van der Waals surface area (Å²) in [5.41, 5.74) is 0. The molecule has 1 aromatic rings. The van der Waals surface area contributed by atoms with E-state index in [-0.39, 0.29) is 26.4 Å². The average Bonchev–Trinajstić information content (AvgIpc) is 3.21. The molecule has 2 fully saturated rings. The molecule has 2 aliphatic rings. The van der Waals surface area contributed by atoms with Crippen LogP contribution in [0.5, 0.6) is 11.5 Å². The quantitative estimate of drug-likeness (QED) is 0.730. The van der Waals surface area contributed by atoms with Crippen molar-refractivity contribution < 1.29 is 38.0 Å². The third kappa shape index (κ3) is 5.22. The Morgan fingerprint density at radius 2 is 1.38 bits per heavy atom. The van der Waals surface area contributed by atoms with Crippen molar-refractivity contribution in [2.75, 3.05) is 26.4 Å². The highest BCUT2D eigenvalue weighted by Gasteiger charge is 2.26. The molecule has 2 atom stereocenters. The molecule has 2 unspecified atom stereocenters. The summed E-state index contributed by atoms with van der Waals surface area (Å²) >= 11 is 0. The van der Waals surface area contributed by atoms with Gasteiger partial charge in [-0.3, -0.25) is 0 Å². The van der Waals surface area contributed by atoms with Crippen molar-refractivity contribution in [2.45, 2.75) is 26.1 Å². The van der Waals surface area contributed by atoms with Crippen LogP contribution >= 0.6 is 0 Å². The number of hydrogen-bond donors (Lipinski definition) is 0. The molecule has 3 rings (SSSR count). The predicted octanol–water partition coefficient (Wildman–Crippen LogP) is 2.54. The van der Waals surface area contributed by atoms with E-state index in [1.807, 2.05) is 13.8 Å². The van der Waals surface area contributed by atoms with Gasteiger partial charge in [-0.15, -0.1) is 0 Å². The fourth-order valence-electron chi connectivity index (χ4n) is 1.93. The normalized spacial score (nSPS) is 21.6. The number of benzene rings is 1. The molecule has 0 aliphatic carbocycles. The zero-order valence-corrected chi connectivity index (χ0v) is 13.6. The van der Waals surface area contributed by atoms with Gasteiger partial charge in [0.1, 0.15) is 37.9 Å². The minimum atomic E-state index is -0.681. The third-order valence-corrected chi connectivity index (χ3v) is 2.98. The van der Waals surface area contributed by atoms with Crippen LogP contribution in [0.1, 0.15) is 13.8 Å². The highest BCUT2D eigenvalue weighted by molar-refractivity contribution is 5.62. The lowest BCUT2D eigenvalue weighted by Gasteiger charge is -2.12. The molecule has 0 amide bonds. The van der Waals surface area contributed by atoms with Crippen LogP contribution in [0.25, 0.3) is 0 Å². The largest absolute Gasteiger partial charge is 0.508 e. The summed E-state index contributed by atoms with van der Waals surface area (Å²) in [4.78, 5) is 21.6. The van der Waals surface area contributed by atoms with Gasteiger partial charge in [0.25, 0.3) is 0 Å². The molecule has 0 radical (unpaired) electrons. The molecule has 132 valence electrons. The average molecular weight is 340 g/mol. The van der Waals surface area contributed by atoms with Gasteiger partial charge in [0, 0.05) is 6.07 Å². The van der Waals surface area contributed by atoms with Crippen molar-refractivity contribution in [3.8, 4) is 11.5 Å². The van der Waals surface area contributed by atoms with E-state index in [4.69, 9.17) is 18.9 Å². The smallest absolute Gasteiger partial charge is 0.489 e. The second-order valence-corrected chi connectivity index (χ2v) is 4.70. The second-order valence-electron chi connectivity index (χ2n) is 4.70. The molecule has 0 spiro atoms. The van der Waals surface area contributed by atoms with Crippen LogP contribution in [-0.2, 0) is 18.9 Å². The Balaban J connectivity index is 0.00000100. The first-order valence-electron chi connectivity index (χ1n) is 7.71. The monoisotopic (exact) mass is 340 g/mol. The predicted molar refractivity (Wildman–Crippen MR) is 81.2 cm³/mol. The number of ether oxygens (including phenoxy) is 6. The lowest BCUT2D eigenvalue weighted by atomic mass is 10.3. The minimum absolute atomic E-state index is 0.183. The van der Waals surface area contributed by atoms with E-state index in [1.54, 1.807) is 24.3 Å². The topological polar surface area (TPSA) is 89.5 Å². The lowest BCUT2D eigenvalue weighted by molar-refractivity contribution is 0.0970. The van der Waals surface area contributed by atoms with Gasteiger partial charge in [-0.1, -0.05) is 19.9 Å². The van der Waals surface area contributed by atoms with Gasteiger partial charge in [-0.2, -0.15) is 0 Å². The van der Waals surface area contributed by atoms with E-state index in [1.165, 1.54) is 0 Å². The standard InChI is InChI=1S/C14H14O8.C2H6/c15-13-19-7-11(21-13)5-17-9-2-1-3-10(4-9)18-6-12-8-20-14(16)22-12;1-2/h1-4,11-12H,5-8H2;1-2H3. The first kappa shape index (κ1) is 17.7. The summed E-state index contributed by atoms with van der Waals surface area (Å²) in [5.74, 6) is 1.14. The van der Waals surface area contributed by atoms with Crippen LogP contribution in [0.15, 0.2) is 24.3 Å². The van der Waals surface area contributed by atoms with E-state index in [9.17, 15) is 9.59 Å². The van der Waals surface area contributed by atoms with E-state index in [0.29, 0.717) is 11.5 Å². The summed E-state index contributed by atoms with van der Waals surface area (Å²) in [5, 5.41) is 0. The Morgan fingerprint density at radius 1 is 0.917 bits per heavy atom. The molecular formula is C16H20O8. The number of rotatable bonds is 6. The maximum Gasteiger partial charge on any atom is 0.508 e. The van der Waals surface area contributed by atoms with Gasteiger partial charge < -0.3 is 28.4 Å². The molecule has 1 aromatic carbocycles. The molecule has 0 aromatic heterocycles. The van der Waals surface area contributed by atoms with Crippen molar-refractivity contribution in [3.63, 3.8) is 0 Å². The Morgan fingerprint density at radius 3 is 1.75 bits per heavy atom. The van der Waals surface area contributed by atoms with Crippen molar-refractivity contribution >= 4 is 12.3 Å². The molecule has 2 heterocycles. The van der Waals surface area contributed by atoms with Gasteiger partial charge in [-0.25, -0.2) is 9.59 Å². The zero-order valence-electron chi connectivity index (χ0n) is 13.6. The maximum atomic E-state index is 10.8. The van der Waals surface area contributed by atoms with Crippen LogP contribution in [0.4, 0.5) is 9.59 Å². The van der Waals surface area contributed by atoms with Crippen molar-refractivity contribution in [1.29, 1.82) is 0 Å². The Labute approximate surface area is 139 Å². The van der Waals surface area contributed by atoms with Crippen LogP contribution in [-0.4, -0.2) is 50.9 Å². The van der Waals surface area contributed by atoms with Gasteiger partial charge >= 0.3 is 12.3 Å². The fraction of sp³-hybridized carbons (Fsp3) is 0.500. The van der Waals surface area contributed by atoms with Gasteiger partial charge in [0.15, 0.2) is 12.2 Å². The summed E-state index contributed by atoms with van der Waals surface area (Å²) < 4.78 is 30.1. The zero-order chi connectivity index (χ0) is 17.4. The highest BCUT2D eigenvalue weighted by Crippen LogP contribution is 2.21. The van der Waals surface area contributed by atoms with Crippen molar-refractivity contribution in [3.05, 3.63) is 24.3 Å². The van der Waals surface area contributed by atoms with E-state index in [2.05, 4.69) is 9.47 Å². The molecule has 8 heteroatoms. The van der Waals surface area contributed by atoms with E-state index in [0.717, 1.165) is 0 Å². The molecule has 2 aliphatic heterocycles. The Kier molecular flexibility index (Phi) is 6.53. The summed E-state index contributed by atoms with van der Waals surface area (Å²) in [6.07, 6.45) is -2.18. The second kappa shape index (κ2) is 8.85. The van der Waals surface area contributed by atoms with Crippen LogP contribution < -0.4 is 9.47 Å². The molecule has 0 N–H and O–H groups in total. The van der Waals surface area contributed by atoms with Crippen LogP contribution in [0.3, 0.4) is 0 Å². The lowest BCUT2D eigenvalue weighted by Crippen LogP contribution is -2.20. The molecule has 0 bridgehead atoms. The molecule has 8 nitrogen and oxygen atoms in total. The van der Waals surface area contributed by atoms with Crippen molar-refractivity contribution in [1.82, 2.24) is 0 Å². The molecule has 0 saturated carbocycles. The highest BCUT2D eigenvalue weighted by atomic mass is 16.8. The first-order chi connectivity index (χ1) is 11.7. The fourth-order valence-corrected chi connectivity index (χ4v) is 1.93. The number of hydrogen-bond acceptors (Lipinski definition) is 8. The molecule has 2 saturated heterocycles. The minimum Gasteiger partial charge on any atom is -0.489 e. The van der Waals surface area contributed by atoms with Gasteiger partial charge in [-0.05, 0) is 12.1 Å². The molecular weight excluding hydrogens is 320 g/mol. The Hall–Kier alpha value is -2.64. The molecule has 24 heavy (non-hydrogen) atoms. The summed E-state index contributed by atoms with van der Waals surface area (Å²) in [6, 6.07) is 6.96. The maximum absolute atomic E-state index is 10.8. The van der Waals surface area contributed by atoms with E-state index < -0.39 is 24.5 Å². The van der Waals surface area contributed by atoms with E-state index >= 15 is 0 Å². The first-order valence-corrected chi connectivity index (χ1v) is 7.71. The number of carbonyl (C=O) groups is 2.